The first-order valence-corrected chi connectivity index (χ1v) is 16.0. The van der Waals surface area contributed by atoms with Crippen LogP contribution in [0.1, 0.15) is 42.1 Å². The highest BCUT2D eigenvalue weighted by Crippen LogP contribution is 2.40. The van der Waals surface area contributed by atoms with Crippen LogP contribution in [0, 0.1) is 23.5 Å². The number of hydrogen-bond acceptors (Lipinski definition) is 5. The third kappa shape index (κ3) is 5.58. The van der Waals surface area contributed by atoms with Crippen molar-refractivity contribution in [2.75, 3.05) is 13.7 Å². The van der Waals surface area contributed by atoms with Crippen LogP contribution in [-0.2, 0) is 27.2 Å². The first kappa shape index (κ1) is 26.9. The maximum Gasteiger partial charge on any atom is 0.303 e. The summed E-state index contributed by atoms with van der Waals surface area (Å²) in [4.78, 5) is 44.1. The van der Waals surface area contributed by atoms with E-state index in [-0.39, 0.29) is 53.7 Å². The highest BCUT2D eigenvalue weighted by atomic mass is 28.3. The van der Waals surface area contributed by atoms with Crippen molar-refractivity contribution in [3.05, 3.63) is 52.7 Å². The first-order chi connectivity index (χ1) is 17.4. The summed E-state index contributed by atoms with van der Waals surface area (Å²) >= 11 is 0. The van der Waals surface area contributed by atoms with Gasteiger partial charge in [0.2, 0.25) is 11.8 Å². The van der Waals surface area contributed by atoms with Gasteiger partial charge in [0, 0.05) is 48.5 Å². The number of carbonyl (C=O) groups excluding carboxylic acids is 2. The van der Waals surface area contributed by atoms with E-state index in [2.05, 4.69) is 4.98 Å². The standard InChI is InChI=1S/C27H32F2N2O5Si/c1-36-23-6-5-18-21(30-23)7-8-31(27(35)17-9-15(10-17)14-24(33)34)25(18)22(32)13-16-11-19(28)26(20(29)12-16)37(2,3)4/h5-6,11-12,15,17,25H,7-10,13-14H2,1-4H3,(H,33,34)/t15?,17?,25-/m1/s1. The summed E-state index contributed by atoms with van der Waals surface area (Å²) in [7, 11) is -0.778. The van der Waals surface area contributed by atoms with E-state index >= 15 is 0 Å². The van der Waals surface area contributed by atoms with Gasteiger partial charge in [-0.05, 0) is 42.5 Å². The number of amides is 1. The van der Waals surface area contributed by atoms with E-state index in [1.165, 1.54) is 24.1 Å². The summed E-state index contributed by atoms with van der Waals surface area (Å²) in [5, 5.41) is 9.12. The molecule has 1 N–H and O–H groups in total. The Morgan fingerprint density at radius 2 is 1.78 bits per heavy atom. The van der Waals surface area contributed by atoms with Crippen molar-refractivity contribution in [1.82, 2.24) is 9.88 Å². The second-order valence-corrected chi connectivity index (χ2v) is 16.0. The fourth-order valence-electron chi connectivity index (χ4n) is 5.49. The number of methoxy groups -OCH3 is 1. The number of carboxylic acids is 1. The van der Waals surface area contributed by atoms with Crippen LogP contribution in [-0.4, -0.2) is 54.4 Å². The number of aromatic nitrogens is 1. The number of pyridine rings is 1. The molecule has 1 aliphatic heterocycles. The summed E-state index contributed by atoms with van der Waals surface area (Å²) in [6.07, 6.45) is 1.13. The third-order valence-corrected chi connectivity index (χ3v) is 9.23. The number of nitrogens with zero attached hydrogens (tertiary/aromatic N) is 2. The molecule has 198 valence electrons. The van der Waals surface area contributed by atoms with Crippen molar-refractivity contribution < 1.29 is 33.0 Å². The molecule has 1 fully saturated rings. The van der Waals surface area contributed by atoms with Gasteiger partial charge in [0.15, 0.2) is 5.78 Å². The molecule has 1 atom stereocenters. The molecule has 37 heavy (non-hydrogen) atoms. The van der Waals surface area contributed by atoms with Gasteiger partial charge in [-0.1, -0.05) is 19.6 Å². The second-order valence-electron chi connectivity index (χ2n) is 11.0. The number of ketones is 1. The molecule has 2 aliphatic rings. The van der Waals surface area contributed by atoms with Gasteiger partial charge >= 0.3 is 5.97 Å². The van der Waals surface area contributed by atoms with Crippen LogP contribution < -0.4 is 9.92 Å². The summed E-state index contributed by atoms with van der Waals surface area (Å²) in [6.45, 7) is 5.82. The number of hydrogen-bond donors (Lipinski definition) is 1. The molecule has 7 nitrogen and oxygen atoms in total. The number of aliphatic carboxylic acids is 1. The van der Waals surface area contributed by atoms with Gasteiger partial charge in [-0.25, -0.2) is 13.8 Å². The lowest BCUT2D eigenvalue weighted by atomic mass is 9.72. The van der Waals surface area contributed by atoms with Crippen LogP contribution in [0.5, 0.6) is 5.88 Å². The van der Waals surface area contributed by atoms with E-state index in [1.54, 1.807) is 12.1 Å². The van der Waals surface area contributed by atoms with E-state index in [0.717, 1.165) is 0 Å². The van der Waals surface area contributed by atoms with E-state index in [9.17, 15) is 23.2 Å². The number of ether oxygens (including phenoxy) is 1. The van der Waals surface area contributed by atoms with Gasteiger partial charge in [-0.3, -0.25) is 14.4 Å². The topological polar surface area (TPSA) is 96.8 Å². The number of rotatable bonds is 8. The molecule has 0 spiro atoms. The second kappa shape index (κ2) is 10.3. The van der Waals surface area contributed by atoms with Gasteiger partial charge in [0.05, 0.1) is 20.9 Å². The van der Waals surface area contributed by atoms with Crippen molar-refractivity contribution in [1.29, 1.82) is 0 Å². The zero-order chi connectivity index (χ0) is 27.1. The highest BCUT2D eigenvalue weighted by molar-refractivity contribution is 6.88. The zero-order valence-corrected chi connectivity index (χ0v) is 22.5. The van der Waals surface area contributed by atoms with Crippen molar-refractivity contribution >= 4 is 30.9 Å². The SMILES string of the molecule is COc1ccc2c(n1)CCN(C(=O)C1CC(CC(=O)O)C1)[C@H]2C(=O)Cc1cc(F)c([Si](C)(C)C)c(F)c1. The monoisotopic (exact) mass is 530 g/mol. The molecule has 2 heterocycles. The normalized spacial score (nSPS) is 21.1. The molecular formula is C27H32F2N2O5Si. The van der Waals surface area contributed by atoms with Gasteiger partial charge in [-0.15, -0.1) is 0 Å². The number of carbonyl (C=O) groups is 3. The van der Waals surface area contributed by atoms with Crippen molar-refractivity contribution in [3.63, 3.8) is 0 Å². The van der Waals surface area contributed by atoms with Gasteiger partial charge < -0.3 is 14.7 Å². The molecule has 1 amide bonds. The van der Waals surface area contributed by atoms with Crippen LogP contribution >= 0.6 is 0 Å². The number of carboxylic acid groups (broad SMARTS) is 1. The molecule has 1 aromatic heterocycles. The quantitative estimate of drug-likeness (QED) is 0.524. The van der Waals surface area contributed by atoms with Crippen LogP contribution in [0.2, 0.25) is 19.6 Å². The number of fused-ring (bicyclic) bond motifs is 1. The average Bonchev–Trinajstić information content (AvgIpc) is 2.77. The summed E-state index contributed by atoms with van der Waals surface area (Å²) < 4.78 is 34.9. The van der Waals surface area contributed by atoms with Crippen LogP contribution in [0.25, 0.3) is 0 Å². The molecular weight excluding hydrogens is 498 g/mol. The number of Topliss-reactive ketones (excluding diaryl/α,β-unsaturated/α-hetero) is 1. The third-order valence-electron chi connectivity index (χ3n) is 7.26. The summed E-state index contributed by atoms with van der Waals surface area (Å²) in [5.41, 5.74) is 1.44. The molecule has 4 rings (SSSR count). The average molecular weight is 531 g/mol. The molecule has 1 aliphatic carbocycles. The highest BCUT2D eigenvalue weighted by Gasteiger charge is 2.43. The minimum absolute atomic E-state index is 0.0171. The maximum atomic E-state index is 14.9. The smallest absolute Gasteiger partial charge is 0.303 e. The molecule has 1 aromatic carbocycles. The lowest BCUT2D eigenvalue weighted by molar-refractivity contribution is -0.149. The Labute approximate surface area is 215 Å². The number of benzene rings is 1. The van der Waals surface area contributed by atoms with Crippen molar-refractivity contribution in [2.24, 2.45) is 11.8 Å². The lowest BCUT2D eigenvalue weighted by Crippen LogP contribution is -2.49. The molecule has 1 saturated carbocycles. The molecule has 2 aromatic rings. The Kier molecular flexibility index (Phi) is 7.50. The first-order valence-electron chi connectivity index (χ1n) is 12.5. The predicted molar refractivity (Wildman–Crippen MR) is 135 cm³/mol. The Hall–Kier alpha value is -3.14. The summed E-state index contributed by atoms with van der Waals surface area (Å²) in [6, 6.07) is 4.84. The lowest BCUT2D eigenvalue weighted by Gasteiger charge is -2.42. The Bertz CT molecular complexity index is 1220. The Morgan fingerprint density at radius 1 is 1.14 bits per heavy atom. The van der Waals surface area contributed by atoms with Crippen LogP contribution in [0.15, 0.2) is 24.3 Å². The zero-order valence-electron chi connectivity index (χ0n) is 21.5. The van der Waals surface area contributed by atoms with Gasteiger partial charge in [0.25, 0.3) is 0 Å². The Balaban J connectivity index is 1.62. The van der Waals surface area contributed by atoms with Crippen molar-refractivity contribution in [3.8, 4) is 5.88 Å². The fourth-order valence-corrected chi connectivity index (χ4v) is 7.07. The van der Waals surface area contributed by atoms with E-state index in [1.807, 2.05) is 19.6 Å². The fraction of sp³-hybridized carbons (Fsp3) is 0.481. The molecule has 0 unspecified atom stereocenters. The Morgan fingerprint density at radius 3 is 2.35 bits per heavy atom. The molecule has 0 radical (unpaired) electrons. The van der Waals surface area contributed by atoms with Gasteiger partial charge in [0.1, 0.15) is 17.7 Å². The van der Waals surface area contributed by atoms with E-state index in [4.69, 9.17) is 9.84 Å². The molecule has 0 saturated heterocycles. The summed E-state index contributed by atoms with van der Waals surface area (Å²) in [5.74, 6) is -2.76. The number of halogens is 2. The van der Waals surface area contributed by atoms with E-state index in [0.29, 0.717) is 36.4 Å². The minimum Gasteiger partial charge on any atom is -0.481 e. The largest absolute Gasteiger partial charge is 0.481 e. The molecule has 0 bridgehead atoms. The van der Waals surface area contributed by atoms with Crippen molar-refractivity contribution in [2.45, 2.75) is 57.8 Å². The maximum absolute atomic E-state index is 14.9. The van der Waals surface area contributed by atoms with E-state index < -0.39 is 31.7 Å². The van der Waals surface area contributed by atoms with Crippen LogP contribution in [0.4, 0.5) is 8.78 Å². The van der Waals surface area contributed by atoms with Gasteiger partial charge in [-0.2, -0.15) is 0 Å². The predicted octanol–water partition coefficient (Wildman–Crippen LogP) is 3.65. The van der Waals surface area contributed by atoms with Crippen LogP contribution in [0.3, 0.4) is 0 Å². The molecule has 10 heteroatoms. The minimum atomic E-state index is -2.27.